The SMILES string of the molecule is CC(C)(C)OC(=O)N(CCN1CCOCC1)c1ccc(Nc2ncc3c(n2)CNCC3)cc1F. The van der Waals surface area contributed by atoms with Gasteiger partial charge >= 0.3 is 6.09 Å². The number of rotatable bonds is 6. The molecule has 0 radical (unpaired) electrons. The van der Waals surface area contributed by atoms with Crippen LogP contribution in [0.5, 0.6) is 0 Å². The minimum absolute atomic E-state index is 0.170. The molecule has 0 saturated carbocycles. The quantitative estimate of drug-likeness (QED) is 0.663. The third-order valence-electron chi connectivity index (χ3n) is 5.67. The van der Waals surface area contributed by atoms with Gasteiger partial charge in [-0.3, -0.25) is 9.80 Å². The lowest BCUT2D eigenvalue weighted by Crippen LogP contribution is -2.45. The molecule has 2 aliphatic heterocycles. The van der Waals surface area contributed by atoms with Gasteiger partial charge in [-0.05, 0) is 57.5 Å². The van der Waals surface area contributed by atoms with E-state index in [0.29, 0.717) is 44.5 Å². The normalized spacial score (nSPS) is 16.6. The van der Waals surface area contributed by atoms with Crippen molar-refractivity contribution < 1.29 is 18.7 Å². The van der Waals surface area contributed by atoms with Gasteiger partial charge in [-0.1, -0.05) is 0 Å². The van der Waals surface area contributed by atoms with Crippen molar-refractivity contribution in [1.29, 1.82) is 0 Å². The molecule has 2 aliphatic rings. The second-order valence-electron chi connectivity index (χ2n) is 9.47. The molecule has 184 valence electrons. The average Bonchev–Trinajstić information content (AvgIpc) is 2.80. The van der Waals surface area contributed by atoms with Crippen LogP contribution in [0.25, 0.3) is 0 Å². The summed E-state index contributed by atoms with van der Waals surface area (Å²) in [6, 6.07) is 4.65. The van der Waals surface area contributed by atoms with Crippen LogP contribution < -0.4 is 15.5 Å². The summed E-state index contributed by atoms with van der Waals surface area (Å²) in [5.41, 5.74) is 2.05. The number of nitrogens with one attached hydrogen (secondary N) is 2. The molecule has 1 saturated heterocycles. The maximum atomic E-state index is 15.3. The summed E-state index contributed by atoms with van der Waals surface area (Å²) in [6.45, 7) is 10.8. The van der Waals surface area contributed by atoms with E-state index >= 15 is 4.39 Å². The maximum Gasteiger partial charge on any atom is 0.414 e. The number of fused-ring (bicyclic) bond motifs is 1. The van der Waals surface area contributed by atoms with Gasteiger partial charge in [0.25, 0.3) is 0 Å². The molecule has 1 aromatic heterocycles. The van der Waals surface area contributed by atoms with E-state index in [0.717, 1.165) is 37.3 Å². The summed E-state index contributed by atoms with van der Waals surface area (Å²) in [5.74, 6) is -0.122. The minimum Gasteiger partial charge on any atom is -0.443 e. The molecular weight excluding hydrogens is 439 g/mol. The molecular formula is C24H33FN6O3. The van der Waals surface area contributed by atoms with Crippen molar-refractivity contribution in [3.63, 3.8) is 0 Å². The molecule has 0 spiro atoms. The molecule has 2 N–H and O–H groups in total. The van der Waals surface area contributed by atoms with Crippen molar-refractivity contribution in [2.45, 2.75) is 39.3 Å². The van der Waals surface area contributed by atoms with Gasteiger partial charge in [0.05, 0.1) is 24.6 Å². The van der Waals surface area contributed by atoms with Gasteiger partial charge in [-0.25, -0.2) is 19.2 Å². The molecule has 34 heavy (non-hydrogen) atoms. The smallest absolute Gasteiger partial charge is 0.414 e. The topological polar surface area (TPSA) is 91.9 Å². The zero-order chi connectivity index (χ0) is 24.1. The number of hydrogen-bond acceptors (Lipinski definition) is 8. The minimum atomic E-state index is -0.690. The maximum absolute atomic E-state index is 15.3. The number of morpholine rings is 1. The number of carbonyl (C=O) groups excluding carboxylic acids is 1. The van der Waals surface area contributed by atoms with E-state index in [4.69, 9.17) is 9.47 Å². The van der Waals surface area contributed by atoms with Crippen LogP contribution in [0.2, 0.25) is 0 Å². The predicted octanol–water partition coefficient (Wildman–Crippen LogP) is 3.08. The number of ether oxygens (including phenoxy) is 2. The van der Waals surface area contributed by atoms with E-state index in [9.17, 15) is 4.79 Å². The lowest BCUT2D eigenvalue weighted by atomic mass is 10.1. The number of anilines is 3. The Morgan fingerprint density at radius 1 is 1.32 bits per heavy atom. The molecule has 9 nitrogen and oxygen atoms in total. The molecule has 2 aromatic rings. The Labute approximate surface area is 199 Å². The van der Waals surface area contributed by atoms with Crippen LogP contribution in [0.4, 0.5) is 26.5 Å². The number of carbonyl (C=O) groups is 1. The fourth-order valence-electron chi connectivity index (χ4n) is 3.92. The van der Waals surface area contributed by atoms with Crippen molar-refractivity contribution in [1.82, 2.24) is 20.2 Å². The second-order valence-corrected chi connectivity index (χ2v) is 9.47. The molecule has 0 unspecified atom stereocenters. The summed E-state index contributed by atoms with van der Waals surface area (Å²) in [5, 5.41) is 6.35. The molecule has 1 amide bonds. The molecule has 3 heterocycles. The number of nitrogens with zero attached hydrogens (tertiary/aromatic N) is 4. The number of amides is 1. The fourth-order valence-corrected chi connectivity index (χ4v) is 3.92. The van der Waals surface area contributed by atoms with Gasteiger partial charge in [0.15, 0.2) is 0 Å². The zero-order valence-corrected chi connectivity index (χ0v) is 20.1. The highest BCUT2D eigenvalue weighted by Gasteiger charge is 2.26. The number of hydrogen-bond donors (Lipinski definition) is 2. The lowest BCUT2D eigenvalue weighted by Gasteiger charge is -2.31. The number of halogens is 1. The van der Waals surface area contributed by atoms with Gasteiger partial charge in [-0.2, -0.15) is 0 Å². The van der Waals surface area contributed by atoms with Gasteiger partial charge in [-0.15, -0.1) is 0 Å². The van der Waals surface area contributed by atoms with Gasteiger partial charge in [0.1, 0.15) is 11.4 Å². The summed E-state index contributed by atoms with van der Waals surface area (Å²) in [7, 11) is 0. The number of aromatic nitrogens is 2. The highest BCUT2D eigenvalue weighted by atomic mass is 19.1. The first-order valence-electron chi connectivity index (χ1n) is 11.7. The third-order valence-corrected chi connectivity index (χ3v) is 5.67. The lowest BCUT2D eigenvalue weighted by molar-refractivity contribution is 0.0375. The molecule has 0 aliphatic carbocycles. The summed E-state index contributed by atoms with van der Waals surface area (Å²) in [4.78, 5) is 25.4. The van der Waals surface area contributed by atoms with Crippen LogP contribution in [-0.4, -0.2) is 72.5 Å². The van der Waals surface area contributed by atoms with E-state index in [1.165, 1.54) is 11.0 Å². The van der Waals surface area contributed by atoms with Crippen LogP contribution in [0.3, 0.4) is 0 Å². The third kappa shape index (κ3) is 6.40. The van der Waals surface area contributed by atoms with Crippen LogP contribution >= 0.6 is 0 Å². The largest absolute Gasteiger partial charge is 0.443 e. The highest BCUT2D eigenvalue weighted by Crippen LogP contribution is 2.26. The van der Waals surface area contributed by atoms with E-state index in [1.54, 1.807) is 32.9 Å². The van der Waals surface area contributed by atoms with E-state index < -0.39 is 17.5 Å². The first-order chi connectivity index (χ1) is 16.3. The van der Waals surface area contributed by atoms with Crippen LogP contribution in [0.1, 0.15) is 32.0 Å². The molecule has 4 rings (SSSR count). The summed E-state index contributed by atoms with van der Waals surface area (Å²) >= 11 is 0. The Bertz CT molecular complexity index is 1010. The Morgan fingerprint density at radius 3 is 2.85 bits per heavy atom. The van der Waals surface area contributed by atoms with Crippen molar-refractivity contribution in [3.8, 4) is 0 Å². The Balaban J connectivity index is 1.50. The van der Waals surface area contributed by atoms with Crippen LogP contribution in [-0.2, 0) is 22.4 Å². The second kappa shape index (κ2) is 10.6. The standard InChI is InChI=1S/C24H33FN6O3/c1-24(2,3)34-23(32)31(9-8-30-10-12-33-13-11-30)21-5-4-18(14-19(21)25)28-22-27-15-17-6-7-26-16-20(17)29-22/h4-5,14-15,26H,6-13,16H2,1-3H3,(H,27,28,29). The van der Waals surface area contributed by atoms with Gasteiger partial charge < -0.3 is 20.1 Å². The first kappa shape index (κ1) is 24.3. The van der Waals surface area contributed by atoms with E-state index in [2.05, 4.69) is 25.5 Å². The van der Waals surface area contributed by atoms with Crippen LogP contribution in [0.15, 0.2) is 24.4 Å². The molecule has 1 aromatic carbocycles. The zero-order valence-electron chi connectivity index (χ0n) is 20.1. The van der Waals surface area contributed by atoms with E-state index in [-0.39, 0.29) is 5.69 Å². The average molecular weight is 473 g/mol. The fraction of sp³-hybridized carbons (Fsp3) is 0.542. The molecule has 10 heteroatoms. The number of benzene rings is 1. The van der Waals surface area contributed by atoms with Crippen LogP contribution in [0, 0.1) is 5.82 Å². The van der Waals surface area contributed by atoms with E-state index in [1.807, 2.05) is 6.20 Å². The van der Waals surface area contributed by atoms with Gasteiger partial charge in [0, 0.05) is 44.6 Å². The summed E-state index contributed by atoms with van der Waals surface area (Å²) < 4.78 is 26.2. The van der Waals surface area contributed by atoms with Crippen molar-refractivity contribution in [2.24, 2.45) is 0 Å². The Hall–Kier alpha value is -2.82. The Kier molecular flexibility index (Phi) is 7.60. The Morgan fingerprint density at radius 2 is 2.12 bits per heavy atom. The highest BCUT2D eigenvalue weighted by molar-refractivity contribution is 5.88. The predicted molar refractivity (Wildman–Crippen MR) is 128 cm³/mol. The van der Waals surface area contributed by atoms with Crippen molar-refractivity contribution in [2.75, 3.05) is 56.2 Å². The first-order valence-corrected chi connectivity index (χ1v) is 11.7. The monoisotopic (exact) mass is 472 g/mol. The molecule has 0 atom stereocenters. The summed E-state index contributed by atoms with van der Waals surface area (Å²) in [6.07, 6.45) is 2.13. The van der Waals surface area contributed by atoms with Gasteiger partial charge in [0.2, 0.25) is 5.95 Å². The van der Waals surface area contributed by atoms with Crippen molar-refractivity contribution >= 4 is 23.4 Å². The molecule has 1 fully saturated rings. The van der Waals surface area contributed by atoms with Crippen molar-refractivity contribution in [3.05, 3.63) is 41.5 Å². The molecule has 0 bridgehead atoms.